The van der Waals surface area contributed by atoms with Crippen LogP contribution >= 0.6 is 11.3 Å². The molecule has 11 rings (SSSR count). The Bertz CT molecular complexity index is 3240. The Kier molecular flexibility index (Phi) is 7.64. The first-order valence-corrected chi connectivity index (χ1v) is 19.6. The molecule has 0 N–H and O–H groups in total. The van der Waals surface area contributed by atoms with E-state index in [1.807, 2.05) is 35.6 Å². The fourth-order valence-electron chi connectivity index (χ4n) is 7.92. The SMILES string of the molecule is c1ccc(-c2cccc(-c3nc(-c4ccccc4)nc(-c4ccc5c6cc(-c7ccc8c(c7)sc7ccccc78)ccc6n(-c6ccccc6)c5c4)n3)c2)cc1. The average molecular weight is 733 g/mol. The number of hydrogen-bond acceptors (Lipinski definition) is 4. The van der Waals surface area contributed by atoms with E-state index in [1.54, 1.807) is 0 Å². The number of hydrogen-bond donors (Lipinski definition) is 0. The van der Waals surface area contributed by atoms with Crippen molar-refractivity contribution in [2.24, 2.45) is 0 Å². The smallest absolute Gasteiger partial charge is 0.164 e. The van der Waals surface area contributed by atoms with Crippen LogP contribution in [0.2, 0.25) is 0 Å². The molecule has 56 heavy (non-hydrogen) atoms. The lowest BCUT2D eigenvalue weighted by Gasteiger charge is -2.11. The maximum absolute atomic E-state index is 5.16. The van der Waals surface area contributed by atoms with Gasteiger partial charge in [0.05, 0.1) is 11.0 Å². The highest BCUT2D eigenvalue weighted by atomic mass is 32.1. The zero-order valence-electron chi connectivity index (χ0n) is 30.2. The van der Waals surface area contributed by atoms with Crippen LogP contribution in [0.5, 0.6) is 0 Å². The molecule has 0 atom stereocenters. The zero-order chi connectivity index (χ0) is 37.0. The molecule has 0 fully saturated rings. The highest BCUT2D eigenvalue weighted by Crippen LogP contribution is 2.40. The molecule has 0 unspecified atom stereocenters. The quantitative estimate of drug-likeness (QED) is 0.171. The van der Waals surface area contributed by atoms with Gasteiger partial charge < -0.3 is 4.57 Å². The van der Waals surface area contributed by atoms with Gasteiger partial charge in [0.15, 0.2) is 17.5 Å². The first-order valence-electron chi connectivity index (χ1n) is 18.8. The third-order valence-electron chi connectivity index (χ3n) is 10.6. The van der Waals surface area contributed by atoms with Gasteiger partial charge in [0.25, 0.3) is 0 Å². The molecule has 8 aromatic carbocycles. The van der Waals surface area contributed by atoms with Crippen LogP contribution in [0.1, 0.15) is 0 Å². The van der Waals surface area contributed by atoms with Crippen LogP contribution in [0.25, 0.3) is 104 Å². The average Bonchev–Trinajstić information content (AvgIpc) is 3.82. The van der Waals surface area contributed by atoms with Gasteiger partial charge in [-0.25, -0.2) is 15.0 Å². The predicted molar refractivity (Wildman–Crippen MR) is 234 cm³/mol. The highest BCUT2D eigenvalue weighted by molar-refractivity contribution is 7.25. The van der Waals surface area contributed by atoms with E-state index in [4.69, 9.17) is 15.0 Å². The molecule has 0 spiro atoms. The summed E-state index contributed by atoms with van der Waals surface area (Å²) in [5.41, 5.74) is 10.8. The third-order valence-corrected chi connectivity index (χ3v) is 11.8. The predicted octanol–water partition coefficient (Wildman–Crippen LogP) is 13.7. The topological polar surface area (TPSA) is 43.6 Å². The van der Waals surface area contributed by atoms with Gasteiger partial charge in [-0.2, -0.15) is 0 Å². The number of fused-ring (bicyclic) bond motifs is 6. The van der Waals surface area contributed by atoms with E-state index >= 15 is 0 Å². The molecule has 0 saturated carbocycles. The fourth-order valence-corrected chi connectivity index (χ4v) is 9.06. The first kappa shape index (κ1) is 32.2. The number of para-hydroxylation sites is 1. The molecule has 0 bridgehead atoms. The van der Waals surface area contributed by atoms with Gasteiger partial charge in [-0.3, -0.25) is 0 Å². The summed E-state index contributed by atoms with van der Waals surface area (Å²) >= 11 is 1.86. The van der Waals surface area contributed by atoms with E-state index in [0.29, 0.717) is 17.5 Å². The molecule has 5 heteroatoms. The van der Waals surface area contributed by atoms with Gasteiger partial charge in [-0.05, 0) is 70.8 Å². The van der Waals surface area contributed by atoms with E-state index in [0.717, 1.165) is 44.5 Å². The number of aromatic nitrogens is 4. The minimum absolute atomic E-state index is 0.628. The van der Waals surface area contributed by atoms with Crippen molar-refractivity contribution in [3.63, 3.8) is 0 Å². The van der Waals surface area contributed by atoms with Gasteiger partial charge in [0.1, 0.15) is 0 Å². The van der Waals surface area contributed by atoms with Crippen LogP contribution in [0.3, 0.4) is 0 Å². The van der Waals surface area contributed by atoms with E-state index in [-0.39, 0.29) is 0 Å². The Morgan fingerprint density at radius 2 is 0.839 bits per heavy atom. The maximum atomic E-state index is 5.16. The Balaban J connectivity index is 1.09. The molecule has 0 aliphatic carbocycles. The van der Waals surface area contributed by atoms with Gasteiger partial charge in [-0.1, -0.05) is 146 Å². The van der Waals surface area contributed by atoms with E-state index in [9.17, 15) is 0 Å². The normalized spacial score (nSPS) is 11.6. The molecule has 0 saturated heterocycles. The Hall–Kier alpha value is -7.21. The van der Waals surface area contributed by atoms with Gasteiger partial charge in [0.2, 0.25) is 0 Å². The minimum atomic E-state index is 0.628. The molecule has 11 aromatic rings. The standard InChI is InChI=1S/C51H32N4S/c1-4-13-33(14-5-1)35-17-12-18-38(29-35)50-52-49(34-15-6-2-7-16-34)53-51(54-50)39-24-26-41-44-30-36(25-28-45(44)55(46(41)31-39)40-19-8-3-9-20-40)37-23-27-43-42-21-10-11-22-47(42)56-48(43)32-37/h1-32H. The first-order chi connectivity index (χ1) is 27.7. The number of nitrogens with zero attached hydrogens (tertiary/aromatic N) is 4. The molecular weight excluding hydrogens is 701 g/mol. The van der Waals surface area contributed by atoms with Crippen LogP contribution in [0.15, 0.2) is 194 Å². The molecule has 3 heterocycles. The van der Waals surface area contributed by atoms with E-state index in [2.05, 4.69) is 174 Å². The molecular formula is C51H32N4S. The van der Waals surface area contributed by atoms with Crippen molar-refractivity contribution >= 4 is 53.3 Å². The lowest BCUT2D eigenvalue weighted by Crippen LogP contribution is -2.00. The second-order valence-corrected chi connectivity index (χ2v) is 15.1. The second-order valence-electron chi connectivity index (χ2n) is 14.1. The summed E-state index contributed by atoms with van der Waals surface area (Å²) in [6.45, 7) is 0. The summed E-state index contributed by atoms with van der Waals surface area (Å²) in [6.07, 6.45) is 0. The summed E-state index contributed by atoms with van der Waals surface area (Å²) < 4.78 is 4.98. The van der Waals surface area contributed by atoms with Crippen molar-refractivity contribution in [1.82, 2.24) is 19.5 Å². The molecule has 0 aliphatic heterocycles. The Morgan fingerprint density at radius 1 is 0.304 bits per heavy atom. The molecule has 0 amide bonds. The van der Waals surface area contributed by atoms with Crippen molar-refractivity contribution in [1.29, 1.82) is 0 Å². The summed E-state index contributed by atoms with van der Waals surface area (Å²) in [6, 6.07) is 68.6. The molecule has 4 nitrogen and oxygen atoms in total. The highest BCUT2D eigenvalue weighted by Gasteiger charge is 2.18. The number of thiophene rings is 1. The van der Waals surface area contributed by atoms with Crippen molar-refractivity contribution in [3.05, 3.63) is 194 Å². The minimum Gasteiger partial charge on any atom is -0.309 e. The van der Waals surface area contributed by atoms with Crippen molar-refractivity contribution in [2.45, 2.75) is 0 Å². The van der Waals surface area contributed by atoms with Crippen LogP contribution in [0.4, 0.5) is 0 Å². The van der Waals surface area contributed by atoms with E-state index in [1.165, 1.54) is 42.1 Å². The van der Waals surface area contributed by atoms with Crippen LogP contribution in [-0.2, 0) is 0 Å². The number of benzene rings is 8. The summed E-state index contributed by atoms with van der Waals surface area (Å²) in [4.78, 5) is 15.3. The van der Waals surface area contributed by atoms with Crippen LogP contribution < -0.4 is 0 Å². The van der Waals surface area contributed by atoms with Gasteiger partial charge >= 0.3 is 0 Å². The van der Waals surface area contributed by atoms with E-state index < -0.39 is 0 Å². The van der Waals surface area contributed by atoms with Crippen molar-refractivity contribution < 1.29 is 0 Å². The lowest BCUT2D eigenvalue weighted by molar-refractivity contribution is 1.07. The third kappa shape index (κ3) is 5.56. The lowest BCUT2D eigenvalue weighted by atomic mass is 10.0. The number of rotatable bonds is 6. The monoisotopic (exact) mass is 732 g/mol. The van der Waals surface area contributed by atoms with Crippen LogP contribution in [0, 0.1) is 0 Å². The zero-order valence-corrected chi connectivity index (χ0v) is 31.0. The summed E-state index contributed by atoms with van der Waals surface area (Å²) in [5, 5.41) is 5.00. The van der Waals surface area contributed by atoms with Gasteiger partial charge in [0, 0.05) is 53.3 Å². The Labute approximate surface area is 327 Å². The summed E-state index contributed by atoms with van der Waals surface area (Å²) in [5.74, 6) is 1.90. The van der Waals surface area contributed by atoms with Crippen molar-refractivity contribution in [3.8, 4) is 62.1 Å². The molecule has 262 valence electrons. The van der Waals surface area contributed by atoms with Crippen LogP contribution in [-0.4, -0.2) is 19.5 Å². The molecule has 0 radical (unpaired) electrons. The second kappa shape index (κ2) is 13.3. The fraction of sp³-hybridized carbons (Fsp3) is 0. The largest absolute Gasteiger partial charge is 0.309 e. The van der Waals surface area contributed by atoms with Crippen molar-refractivity contribution in [2.75, 3.05) is 0 Å². The molecule has 3 aromatic heterocycles. The Morgan fingerprint density at radius 3 is 1.62 bits per heavy atom. The van der Waals surface area contributed by atoms with Gasteiger partial charge in [-0.15, -0.1) is 11.3 Å². The molecule has 0 aliphatic rings. The maximum Gasteiger partial charge on any atom is 0.164 e. The summed E-state index contributed by atoms with van der Waals surface area (Å²) in [7, 11) is 0.